The van der Waals surface area contributed by atoms with Crippen molar-refractivity contribution in [2.45, 2.75) is 48.1 Å². The van der Waals surface area contributed by atoms with Crippen molar-refractivity contribution in [2.24, 2.45) is 0 Å². The average Bonchev–Trinajstić information content (AvgIpc) is 4.03. The number of carbonyl (C=O) groups is 2. The molecule has 0 amide bonds. The fourth-order valence-electron chi connectivity index (χ4n) is 10.9. The Labute approximate surface area is 398 Å². The Hall–Kier alpha value is -8.88. The lowest BCUT2D eigenvalue weighted by Gasteiger charge is -2.30. The Morgan fingerprint density at radius 1 is 0.357 bits per heavy atom. The topological polar surface area (TPSA) is 244 Å². The molecule has 1 fully saturated rings. The number of aliphatic hydroxyl groups is 1. The van der Waals surface area contributed by atoms with Crippen molar-refractivity contribution < 1.29 is 69.8 Å². The van der Waals surface area contributed by atoms with Gasteiger partial charge in [0.15, 0.2) is 11.5 Å². The zero-order valence-electron chi connectivity index (χ0n) is 36.6. The summed E-state index contributed by atoms with van der Waals surface area (Å²) in [5, 5.41) is 98.2. The number of rotatable bonds is 8. The number of allylic oxidation sites excluding steroid dienone is 3. The molecular formula is C56H42O14. The number of hydrogen-bond donors (Lipinski definition) is 9. The molecule has 1 saturated heterocycles. The minimum atomic E-state index is -1.12. The van der Waals surface area contributed by atoms with Gasteiger partial charge in [0.05, 0.1) is 24.0 Å². The van der Waals surface area contributed by atoms with Gasteiger partial charge in [0.2, 0.25) is 5.78 Å². The average molecular weight is 939 g/mol. The lowest BCUT2D eigenvalue weighted by atomic mass is 9.69. The van der Waals surface area contributed by atoms with E-state index in [1.165, 1.54) is 84.9 Å². The third-order valence-corrected chi connectivity index (χ3v) is 13.7. The molecule has 7 aromatic carbocycles. The van der Waals surface area contributed by atoms with Crippen LogP contribution < -0.4 is 9.47 Å². The van der Waals surface area contributed by atoms with E-state index in [9.17, 15) is 55.5 Å². The zero-order valence-corrected chi connectivity index (χ0v) is 36.6. The molecule has 0 bridgehead atoms. The SMILES string of the molecule is O=C1C=C(O)C(=O)C([C@@H]2c3c(cc(O)cc3[C@H]3c4c(cc(O)cc4[C@@H]4[C@H](c5cc(O)cc(O)c5)[C@@H](c5ccc(O)cc5)O[C@@H]4c4ccc(O)cc4)O[C@@H]3c3ccc(O)cc3)O[C@H]2c2ccc(O)cc2)=C1. The highest BCUT2D eigenvalue weighted by atomic mass is 16.5. The van der Waals surface area contributed by atoms with Crippen LogP contribution in [-0.4, -0.2) is 57.5 Å². The van der Waals surface area contributed by atoms with Crippen molar-refractivity contribution in [3.63, 3.8) is 0 Å². The van der Waals surface area contributed by atoms with E-state index in [0.717, 1.165) is 12.2 Å². The molecule has 0 aromatic heterocycles. The summed E-state index contributed by atoms with van der Waals surface area (Å²) >= 11 is 0. The second-order valence-electron chi connectivity index (χ2n) is 18.0. The number of carbonyl (C=O) groups excluding carboxylic acids is 2. The first-order chi connectivity index (χ1) is 33.7. The van der Waals surface area contributed by atoms with E-state index in [0.29, 0.717) is 50.1 Å². The number of ketones is 2. The van der Waals surface area contributed by atoms with Crippen LogP contribution in [0.2, 0.25) is 0 Å². The van der Waals surface area contributed by atoms with E-state index in [1.54, 1.807) is 54.6 Å². The van der Waals surface area contributed by atoms with E-state index in [4.69, 9.17) is 14.2 Å². The van der Waals surface area contributed by atoms with Crippen molar-refractivity contribution in [3.8, 4) is 57.5 Å². The van der Waals surface area contributed by atoms with Gasteiger partial charge in [-0.2, -0.15) is 0 Å². The molecule has 14 nitrogen and oxygen atoms in total. The van der Waals surface area contributed by atoms with Gasteiger partial charge in [-0.15, -0.1) is 0 Å². The predicted molar refractivity (Wildman–Crippen MR) is 251 cm³/mol. The summed E-state index contributed by atoms with van der Waals surface area (Å²) in [5.41, 5.74) is 4.25. The van der Waals surface area contributed by atoms with Gasteiger partial charge in [-0.05, 0) is 118 Å². The van der Waals surface area contributed by atoms with E-state index >= 15 is 0 Å². The number of aliphatic hydroxyl groups excluding tert-OH is 1. The second-order valence-corrected chi connectivity index (χ2v) is 18.0. The third-order valence-electron chi connectivity index (χ3n) is 13.7. The number of aromatic hydroxyl groups is 8. The highest BCUT2D eigenvalue weighted by molar-refractivity contribution is 6.20. The van der Waals surface area contributed by atoms with Crippen molar-refractivity contribution in [1.29, 1.82) is 0 Å². The molecule has 1 aliphatic carbocycles. The molecule has 14 heteroatoms. The summed E-state index contributed by atoms with van der Waals surface area (Å²) in [6.07, 6.45) is -1.82. The maximum Gasteiger partial charge on any atom is 0.224 e. The van der Waals surface area contributed by atoms with Gasteiger partial charge < -0.3 is 60.2 Å². The molecule has 0 saturated carbocycles. The molecule has 11 rings (SSSR count). The summed E-state index contributed by atoms with van der Waals surface area (Å²) < 4.78 is 20.7. The normalized spacial score (nSPS) is 23.5. The van der Waals surface area contributed by atoms with Crippen LogP contribution in [-0.2, 0) is 14.3 Å². The molecule has 3 aliphatic heterocycles. The highest BCUT2D eigenvalue weighted by Crippen LogP contribution is 2.65. The van der Waals surface area contributed by atoms with Crippen molar-refractivity contribution in [1.82, 2.24) is 0 Å². The molecule has 0 spiro atoms. The Bertz CT molecular complexity index is 3290. The van der Waals surface area contributed by atoms with Gasteiger partial charge in [0.25, 0.3) is 0 Å². The number of Topliss-reactive ketones (excluding diaryl/α,β-unsaturated/α-hetero) is 1. The number of phenolic OH excluding ortho intramolecular Hbond substituents is 8. The first-order valence-electron chi connectivity index (χ1n) is 22.3. The van der Waals surface area contributed by atoms with Crippen LogP contribution in [0.4, 0.5) is 0 Å². The van der Waals surface area contributed by atoms with E-state index in [1.807, 2.05) is 0 Å². The number of ether oxygens (including phenoxy) is 3. The Morgan fingerprint density at radius 2 is 0.757 bits per heavy atom. The number of benzene rings is 7. The van der Waals surface area contributed by atoms with Gasteiger partial charge >= 0.3 is 0 Å². The maximum atomic E-state index is 14.1. The quantitative estimate of drug-likeness (QED) is 0.0645. The smallest absolute Gasteiger partial charge is 0.224 e. The Kier molecular flexibility index (Phi) is 10.4. The molecule has 3 heterocycles. The Morgan fingerprint density at radius 3 is 1.24 bits per heavy atom. The molecule has 70 heavy (non-hydrogen) atoms. The van der Waals surface area contributed by atoms with Crippen LogP contribution in [0.1, 0.15) is 98.2 Å². The van der Waals surface area contributed by atoms with Gasteiger partial charge in [-0.25, -0.2) is 0 Å². The highest BCUT2D eigenvalue weighted by Gasteiger charge is 2.53. The lowest BCUT2D eigenvalue weighted by Crippen LogP contribution is -2.24. The zero-order chi connectivity index (χ0) is 48.7. The third kappa shape index (κ3) is 7.51. The Balaban J connectivity index is 1.20. The molecule has 0 radical (unpaired) electrons. The first-order valence-corrected chi connectivity index (χ1v) is 22.3. The maximum absolute atomic E-state index is 14.1. The van der Waals surface area contributed by atoms with Crippen molar-refractivity contribution in [3.05, 3.63) is 213 Å². The van der Waals surface area contributed by atoms with Crippen molar-refractivity contribution in [2.75, 3.05) is 0 Å². The van der Waals surface area contributed by atoms with Crippen LogP contribution in [0.25, 0.3) is 0 Å². The van der Waals surface area contributed by atoms with Crippen LogP contribution in [0.3, 0.4) is 0 Å². The van der Waals surface area contributed by atoms with Crippen LogP contribution in [0.5, 0.6) is 57.5 Å². The summed E-state index contributed by atoms with van der Waals surface area (Å²) in [6, 6.07) is 35.4. The number of fused-ring (bicyclic) bond motifs is 2. The van der Waals surface area contributed by atoms with Crippen LogP contribution >= 0.6 is 0 Å². The number of phenols is 8. The predicted octanol–water partition coefficient (Wildman–Crippen LogP) is 9.71. The molecular weight excluding hydrogens is 897 g/mol. The summed E-state index contributed by atoms with van der Waals surface area (Å²) in [5.74, 6) is -6.66. The second kappa shape index (κ2) is 16.7. The van der Waals surface area contributed by atoms with Crippen molar-refractivity contribution >= 4 is 11.6 Å². The van der Waals surface area contributed by atoms with Crippen LogP contribution in [0.15, 0.2) is 163 Å². The fourth-order valence-corrected chi connectivity index (χ4v) is 10.9. The van der Waals surface area contributed by atoms with Crippen LogP contribution in [0, 0.1) is 0 Å². The standard InChI is InChI=1S/C56H42O14/c57-31-9-1-26(2-10-31)53-46(30-17-35(61)19-36(62)18-30)49(56(70-53)29-7-15-34(60)16-8-29)40-20-38(64)24-44-47(40)50(54(68-44)27-3-11-32(58)12-4-27)41-21-39(65)25-45-48(41)51(42-22-37(63)23-43(66)52(42)67)55(69-45)28-5-13-33(59)14-6-28/h1-25,46,49-51,53-62,64-66H/t46-,49+,50-,51+,53+,54+,55-,56+/m0/s1. The van der Waals surface area contributed by atoms with Gasteiger partial charge in [0, 0.05) is 52.8 Å². The summed E-state index contributed by atoms with van der Waals surface area (Å²) in [7, 11) is 0. The van der Waals surface area contributed by atoms with E-state index in [2.05, 4.69) is 0 Å². The fraction of sp³-hybridized carbons (Fsp3) is 0.143. The monoisotopic (exact) mass is 938 g/mol. The van der Waals surface area contributed by atoms with E-state index in [-0.39, 0.29) is 63.1 Å². The summed E-state index contributed by atoms with van der Waals surface area (Å²) in [4.78, 5) is 27.3. The molecule has 7 aromatic rings. The van der Waals surface area contributed by atoms with Gasteiger partial charge in [0.1, 0.15) is 69.7 Å². The molecule has 4 aliphatic rings. The minimum Gasteiger partial charge on any atom is -0.508 e. The minimum absolute atomic E-state index is 0.000802. The van der Waals surface area contributed by atoms with Gasteiger partial charge in [-0.1, -0.05) is 48.5 Å². The first kappa shape index (κ1) is 43.7. The summed E-state index contributed by atoms with van der Waals surface area (Å²) in [6.45, 7) is 0. The molecule has 8 atom stereocenters. The molecule has 0 unspecified atom stereocenters. The molecule has 350 valence electrons. The van der Waals surface area contributed by atoms with E-state index < -0.39 is 65.4 Å². The molecule has 9 N–H and O–H groups in total. The lowest BCUT2D eigenvalue weighted by molar-refractivity contribution is -0.117. The number of hydrogen-bond acceptors (Lipinski definition) is 14. The largest absolute Gasteiger partial charge is 0.508 e. The van der Waals surface area contributed by atoms with Gasteiger partial charge in [-0.3, -0.25) is 9.59 Å².